The zero-order valence-corrected chi connectivity index (χ0v) is 23.7. The molecule has 0 saturated heterocycles. The van der Waals surface area contributed by atoms with Crippen molar-refractivity contribution in [2.45, 2.75) is 26.1 Å². The molecule has 4 aromatic rings. The molecule has 1 atom stereocenters. The molecule has 4 amide bonds. The van der Waals surface area contributed by atoms with Gasteiger partial charge in [-0.2, -0.15) is 5.10 Å². The van der Waals surface area contributed by atoms with Gasteiger partial charge >= 0.3 is 6.03 Å². The zero-order valence-electron chi connectivity index (χ0n) is 22.9. The standard InChI is InChI=1S/C31H31ClN6O3/c1-22-19-37(30(40)26-14-13-25(17-27(26)32)38-16-8-15-34-38)28-12-7-6-11-24(28)21-36(22)31(41)33-18-29(39)35(2)20-23-9-4-3-5-10-23/h3-17,22H,18-21H2,1-2H3,(H,33,41)/t22-/m1/s1. The molecule has 10 heteroatoms. The van der Waals surface area contributed by atoms with E-state index in [1.165, 1.54) is 0 Å². The number of anilines is 1. The monoisotopic (exact) mass is 570 g/mol. The van der Waals surface area contributed by atoms with Gasteiger partial charge in [-0.25, -0.2) is 9.48 Å². The van der Waals surface area contributed by atoms with Gasteiger partial charge in [0.1, 0.15) is 0 Å². The maximum atomic E-state index is 13.8. The van der Waals surface area contributed by atoms with Crippen LogP contribution in [0.4, 0.5) is 10.5 Å². The first-order valence-electron chi connectivity index (χ1n) is 13.3. The van der Waals surface area contributed by atoms with Crippen LogP contribution in [0.15, 0.2) is 91.3 Å². The van der Waals surface area contributed by atoms with Gasteiger partial charge in [0.25, 0.3) is 5.91 Å². The minimum atomic E-state index is -0.371. The molecule has 2 heterocycles. The summed E-state index contributed by atoms with van der Waals surface area (Å²) in [5.41, 5.74) is 3.64. The lowest BCUT2D eigenvalue weighted by molar-refractivity contribution is -0.129. The Morgan fingerprint density at radius 3 is 2.51 bits per heavy atom. The predicted octanol–water partition coefficient (Wildman–Crippen LogP) is 4.74. The van der Waals surface area contributed by atoms with Gasteiger partial charge in [0.05, 0.1) is 22.8 Å². The second-order valence-electron chi connectivity index (χ2n) is 10.0. The Labute approximate surface area is 243 Å². The molecule has 0 fully saturated rings. The third kappa shape index (κ3) is 6.25. The van der Waals surface area contributed by atoms with Crippen LogP contribution in [0.5, 0.6) is 0 Å². The molecule has 1 aliphatic rings. The molecule has 210 valence electrons. The maximum absolute atomic E-state index is 13.8. The third-order valence-electron chi connectivity index (χ3n) is 7.14. The van der Waals surface area contributed by atoms with Crippen molar-refractivity contribution in [2.24, 2.45) is 0 Å². The van der Waals surface area contributed by atoms with Crippen molar-refractivity contribution in [2.75, 3.05) is 25.0 Å². The Morgan fingerprint density at radius 2 is 1.78 bits per heavy atom. The average molecular weight is 571 g/mol. The lowest BCUT2D eigenvalue weighted by atomic mass is 10.1. The number of nitrogens with one attached hydrogen (secondary N) is 1. The van der Waals surface area contributed by atoms with Gasteiger partial charge in [-0.3, -0.25) is 9.59 Å². The number of likely N-dealkylation sites (N-methyl/N-ethyl adjacent to an activating group) is 1. The Bertz CT molecular complexity index is 1540. The van der Waals surface area contributed by atoms with Gasteiger partial charge in [-0.05, 0) is 48.4 Å². The topological polar surface area (TPSA) is 90.8 Å². The molecule has 0 bridgehead atoms. The number of amides is 4. The molecule has 0 radical (unpaired) electrons. The summed E-state index contributed by atoms with van der Waals surface area (Å²) in [4.78, 5) is 44.8. The summed E-state index contributed by atoms with van der Waals surface area (Å²) in [5, 5.41) is 7.30. The summed E-state index contributed by atoms with van der Waals surface area (Å²) in [6, 6.07) is 23.5. The van der Waals surface area contributed by atoms with E-state index < -0.39 is 0 Å². The molecule has 0 spiro atoms. The zero-order chi connectivity index (χ0) is 28.9. The number of hydrogen-bond acceptors (Lipinski definition) is 4. The van der Waals surface area contributed by atoms with Crippen molar-refractivity contribution < 1.29 is 14.4 Å². The highest BCUT2D eigenvalue weighted by molar-refractivity contribution is 6.34. The molecule has 5 rings (SSSR count). The lowest BCUT2D eigenvalue weighted by Gasteiger charge is -2.29. The first-order chi connectivity index (χ1) is 19.8. The summed E-state index contributed by atoms with van der Waals surface area (Å²) in [7, 11) is 1.71. The molecule has 1 aliphatic heterocycles. The van der Waals surface area contributed by atoms with Crippen LogP contribution in [-0.4, -0.2) is 63.6 Å². The van der Waals surface area contributed by atoms with Crippen LogP contribution in [0.1, 0.15) is 28.4 Å². The molecule has 1 N–H and O–H groups in total. The molecule has 9 nitrogen and oxygen atoms in total. The van der Waals surface area contributed by atoms with E-state index in [0.29, 0.717) is 22.8 Å². The van der Waals surface area contributed by atoms with Crippen LogP contribution in [0, 0.1) is 0 Å². The largest absolute Gasteiger partial charge is 0.340 e. The summed E-state index contributed by atoms with van der Waals surface area (Å²) in [6.45, 7) is 2.74. The maximum Gasteiger partial charge on any atom is 0.318 e. The number of nitrogens with zero attached hydrogens (tertiary/aromatic N) is 5. The first kappa shape index (κ1) is 27.9. The normalized spacial score (nSPS) is 14.7. The Kier molecular flexibility index (Phi) is 8.35. The Morgan fingerprint density at radius 1 is 1.02 bits per heavy atom. The van der Waals surface area contributed by atoms with Crippen molar-refractivity contribution in [3.05, 3.63) is 113 Å². The minimum Gasteiger partial charge on any atom is -0.340 e. The van der Waals surface area contributed by atoms with Crippen molar-refractivity contribution in [3.63, 3.8) is 0 Å². The molecule has 0 unspecified atom stereocenters. The van der Waals surface area contributed by atoms with E-state index >= 15 is 0 Å². The van der Waals surface area contributed by atoms with E-state index in [4.69, 9.17) is 11.6 Å². The van der Waals surface area contributed by atoms with Crippen LogP contribution in [0.25, 0.3) is 5.69 Å². The van der Waals surface area contributed by atoms with Gasteiger partial charge in [-0.15, -0.1) is 0 Å². The van der Waals surface area contributed by atoms with E-state index in [2.05, 4.69) is 10.4 Å². The van der Waals surface area contributed by atoms with Gasteiger partial charge in [-0.1, -0.05) is 60.1 Å². The van der Waals surface area contributed by atoms with Gasteiger partial charge in [0.15, 0.2) is 0 Å². The van der Waals surface area contributed by atoms with Crippen LogP contribution in [-0.2, 0) is 17.9 Å². The SMILES string of the molecule is C[C@@H]1CN(C(=O)c2ccc(-n3cccn3)cc2Cl)c2ccccc2CN1C(=O)NCC(=O)N(C)Cc1ccccc1. The molecular weight excluding hydrogens is 540 g/mol. The van der Waals surface area contributed by atoms with Crippen molar-refractivity contribution >= 4 is 35.1 Å². The summed E-state index contributed by atoms with van der Waals surface area (Å²) >= 11 is 6.59. The molecule has 0 aliphatic carbocycles. The molecule has 1 aromatic heterocycles. The van der Waals surface area contributed by atoms with Gasteiger partial charge in [0, 0.05) is 50.8 Å². The fourth-order valence-corrected chi connectivity index (χ4v) is 5.15. The Balaban J connectivity index is 1.30. The van der Waals surface area contributed by atoms with Crippen molar-refractivity contribution in [1.29, 1.82) is 0 Å². The van der Waals surface area contributed by atoms with Crippen molar-refractivity contribution in [1.82, 2.24) is 24.9 Å². The molecule has 41 heavy (non-hydrogen) atoms. The molecule has 3 aromatic carbocycles. The average Bonchev–Trinajstić information content (AvgIpc) is 3.48. The van der Waals surface area contributed by atoms with Crippen LogP contribution < -0.4 is 10.2 Å². The molecular formula is C31H31ClN6O3. The van der Waals surface area contributed by atoms with Crippen LogP contribution in [0.3, 0.4) is 0 Å². The smallest absolute Gasteiger partial charge is 0.318 e. The summed E-state index contributed by atoms with van der Waals surface area (Å²) < 4.78 is 1.67. The van der Waals surface area contributed by atoms with Crippen LogP contribution in [0.2, 0.25) is 5.02 Å². The second-order valence-corrected chi connectivity index (χ2v) is 10.4. The predicted molar refractivity (Wildman–Crippen MR) is 158 cm³/mol. The highest BCUT2D eigenvalue weighted by Gasteiger charge is 2.32. The number of para-hydroxylation sites is 1. The third-order valence-corrected chi connectivity index (χ3v) is 7.45. The number of carbonyl (C=O) groups excluding carboxylic acids is 3. The number of carbonyl (C=O) groups is 3. The Hall–Kier alpha value is -4.63. The van der Waals surface area contributed by atoms with Crippen LogP contribution >= 0.6 is 11.6 Å². The number of urea groups is 1. The highest BCUT2D eigenvalue weighted by atomic mass is 35.5. The minimum absolute atomic E-state index is 0.131. The quantitative estimate of drug-likeness (QED) is 0.362. The van der Waals surface area contributed by atoms with E-state index in [0.717, 1.165) is 16.8 Å². The number of aromatic nitrogens is 2. The summed E-state index contributed by atoms with van der Waals surface area (Å²) in [5.74, 6) is -0.462. The second kappa shape index (κ2) is 12.3. The number of fused-ring (bicyclic) bond motifs is 1. The number of benzene rings is 3. The fourth-order valence-electron chi connectivity index (χ4n) is 4.89. The summed E-state index contributed by atoms with van der Waals surface area (Å²) in [6.07, 6.45) is 3.47. The van der Waals surface area contributed by atoms with Gasteiger partial charge < -0.3 is 20.0 Å². The fraction of sp³-hybridized carbons (Fsp3) is 0.226. The lowest BCUT2D eigenvalue weighted by Crippen LogP contribution is -2.50. The number of halogens is 1. The van der Waals surface area contributed by atoms with E-state index in [-0.39, 0.29) is 43.5 Å². The molecule has 0 saturated carbocycles. The van der Waals surface area contributed by atoms with Crippen molar-refractivity contribution in [3.8, 4) is 5.69 Å². The van der Waals surface area contributed by atoms with E-state index in [1.807, 2.05) is 67.6 Å². The number of rotatable bonds is 6. The van der Waals surface area contributed by atoms with Gasteiger partial charge in [0.2, 0.25) is 5.91 Å². The highest BCUT2D eigenvalue weighted by Crippen LogP contribution is 2.30. The number of hydrogen-bond donors (Lipinski definition) is 1. The van der Waals surface area contributed by atoms with E-state index in [1.54, 1.807) is 57.0 Å². The van der Waals surface area contributed by atoms with E-state index in [9.17, 15) is 14.4 Å². The first-order valence-corrected chi connectivity index (χ1v) is 13.7.